The Hall–Kier alpha value is -6.19. The second kappa shape index (κ2) is 15.7. The number of nitrogens with zero attached hydrogens (tertiary/aromatic N) is 4. The third-order valence-electron chi connectivity index (χ3n) is 12.4. The van der Waals surface area contributed by atoms with Crippen LogP contribution in [0.3, 0.4) is 0 Å². The molecule has 0 saturated carbocycles. The van der Waals surface area contributed by atoms with Gasteiger partial charge in [0.25, 0.3) is 0 Å². The summed E-state index contributed by atoms with van der Waals surface area (Å²) in [6, 6.07) is 51.1. The normalized spacial score (nSPS) is 12.1. The average molecular weight is 829 g/mol. The molecule has 0 aliphatic rings. The van der Waals surface area contributed by atoms with Gasteiger partial charge in [0.15, 0.2) is 0 Å². The van der Waals surface area contributed by atoms with Crippen molar-refractivity contribution in [2.75, 3.05) is 9.80 Å². The zero-order chi connectivity index (χ0) is 43.5. The fourth-order valence-corrected chi connectivity index (χ4v) is 12.3. The number of benzene rings is 8. The summed E-state index contributed by atoms with van der Waals surface area (Å²) < 4.78 is 0. The molecule has 4 nitrogen and oxygen atoms in total. The number of rotatable bonds is 10. The van der Waals surface area contributed by atoms with Crippen molar-refractivity contribution in [2.45, 2.75) is 85.7 Å². The molecule has 0 aliphatic carbocycles. The molecule has 0 N–H and O–H groups in total. The van der Waals surface area contributed by atoms with Gasteiger partial charge in [0.05, 0.1) is 50.8 Å². The van der Waals surface area contributed by atoms with Crippen LogP contribution in [0.1, 0.15) is 67.3 Å². The summed E-state index contributed by atoms with van der Waals surface area (Å²) in [7, 11) is -3.37. The van der Waals surface area contributed by atoms with Crippen LogP contribution in [0.15, 0.2) is 127 Å². The largest absolute Gasteiger partial charge is 0.310 e. The maximum atomic E-state index is 9.82. The summed E-state index contributed by atoms with van der Waals surface area (Å²) in [5, 5.41) is 29.9. The molecule has 0 aromatic heterocycles. The zero-order valence-corrected chi connectivity index (χ0v) is 39.6. The van der Waals surface area contributed by atoms with Gasteiger partial charge in [-0.3, -0.25) is 0 Å². The minimum absolute atomic E-state index is 0.255. The molecule has 0 spiro atoms. The Morgan fingerprint density at radius 2 is 0.885 bits per heavy atom. The molecule has 61 heavy (non-hydrogen) atoms. The van der Waals surface area contributed by atoms with E-state index in [0.29, 0.717) is 11.1 Å². The van der Waals surface area contributed by atoms with E-state index in [-0.39, 0.29) is 11.8 Å². The minimum Gasteiger partial charge on any atom is -0.310 e. The Morgan fingerprint density at radius 1 is 0.459 bits per heavy atom. The fraction of sp³-hybridized carbons (Fsp3) is 0.236. The monoisotopic (exact) mass is 828 g/mol. The van der Waals surface area contributed by atoms with E-state index in [2.05, 4.69) is 199 Å². The van der Waals surface area contributed by atoms with Crippen LogP contribution in [-0.4, -0.2) is 16.1 Å². The highest BCUT2D eigenvalue weighted by atomic mass is 28.3. The van der Waals surface area contributed by atoms with Crippen molar-refractivity contribution in [2.24, 2.45) is 0 Å². The van der Waals surface area contributed by atoms with Gasteiger partial charge in [0.1, 0.15) is 0 Å². The van der Waals surface area contributed by atoms with Gasteiger partial charge in [0.2, 0.25) is 0 Å². The van der Waals surface area contributed by atoms with Crippen molar-refractivity contribution >= 4 is 93.0 Å². The van der Waals surface area contributed by atoms with Crippen LogP contribution in [0.2, 0.25) is 39.3 Å². The van der Waals surface area contributed by atoms with Crippen molar-refractivity contribution in [3.05, 3.63) is 155 Å². The Labute approximate surface area is 364 Å². The first-order valence-corrected chi connectivity index (χ1v) is 28.6. The maximum Gasteiger partial charge on any atom is 0.0991 e. The highest BCUT2D eigenvalue weighted by Crippen LogP contribution is 2.51. The molecule has 0 unspecified atom stereocenters. The lowest BCUT2D eigenvalue weighted by Gasteiger charge is -2.32. The molecule has 304 valence electrons. The molecule has 0 atom stereocenters. The number of aryl methyl sites for hydroxylation is 1. The molecule has 6 heteroatoms. The van der Waals surface area contributed by atoms with E-state index >= 15 is 0 Å². The lowest BCUT2D eigenvalue weighted by atomic mass is 9.84. The van der Waals surface area contributed by atoms with Crippen molar-refractivity contribution in [3.63, 3.8) is 0 Å². The predicted octanol–water partition coefficient (Wildman–Crippen LogP) is 14.9. The maximum absolute atomic E-state index is 9.82. The summed E-state index contributed by atoms with van der Waals surface area (Å²) >= 11 is 0. The van der Waals surface area contributed by atoms with Crippen molar-refractivity contribution in [1.82, 2.24) is 0 Å². The fourth-order valence-electron chi connectivity index (χ4n) is 9.23. The van der Waals surface area contributed by atoms with E-state index in [4.69, 9.17) is 0 Å². The standard InChI is InChI=1S/C55H56N4Si2/c1-35(2)49-31-51(58(40-21-16-38(33-56)17-22-40)42-13-12-14-44(29-42)60(6,7)8)47-27-25-46-50(36(3)4)32-52(48-28-26-45(49)54(47)55(46)48)59(41-23-18-39(34-57)19-24-41)43-20-15-37(5)53(30-43)61(9,10)11/h12-32,35-36H,1-11H3. The van der Waals surface area contributed by atoms with Crippen molar-refractivity contribution in [1.29, 1.82) is 10.5 Å². The van der Waals surface area contributed by atoms with Gasteiger partial charge in [-0.1, -0.05) is 125 Å². The molecule has 0 heterocycles. The van der Waals surface area contributed by atoms with Crippen LogP contribution in [0.5, 0.6) is 0 Å². The summed E-state index contributed by atoms with van der Waals surface area (Å²) in [6.45, 7) is 25.9. The summed E-state index contributed by atoms with van der Waals surface area (Å²) in [5.41, 5.74) is 11.7. The van der Waals surface area contributed by atoms with Crippen molar-refractivity contribution in [3.8, 4) is 12.1 Å². The summed E-state index contributed by atoms with van der Waals surface area (Å²) in [6.07, 6.45) is 0. The van der Waals surface area contributed by atoms with Crippen LogP contribution < -0.4 is 20.2 Å². The molecule has 0 radical (unpaired) electrons. The third kappa shape index (κ3) is 7.50. The Bertz CT molecular complexity index is 3030. The van der Waals surface area contributed by atoms with Gasteiger partial charge in [-0.05, 0) is 136 Å². The molecule has 0 fully saturated rings. The molecule has 0 amide bonds. The topological polar surface area (TPSA) is 54.1 Å². The quantitative estimate of drug-likeness (QED) is 0.102. The molecule has 8 aromatic carbocycles. The number of hydrogen-bond acceptors (Lipinski definition) is 4. The van der Waals surface area contributed by atoms with Gasteiger partial charge in [0, 0.05) is 33.5 Å². The first-order valence-electron chi connectivity index (χ1n) is 21.6. The Morgan fingerprint density at radius 3 is 1.30 bits per heavy atom. The predicted molar refractivity (Wildman–Crippen MR) is 268 cm³/mol. The van der Waals surface area contributed by atoms with Crippen LogP contribution in [-0.2, 0) is 0 Å². The van der Waals surface area contributed by atoms with Crippen LogP contribution in [0.4, 0.5) is 34.1 Å². The second-order valence-corrected chi connectivity index (χ2v) is 29.5. The zero-order valence-electron chi connectivity index (χ0n) is 37.6. The number of nitriles is 2. The van der Waals surface area contributed by atoms with Gasteiger partial charge in [-0.25, -0.2) is 0 Å². The lowest BCUT2D eigenvalue weighted by molar-refractivity contribution is 0.875. The average Bonchev–Trinajstić information content (AvgIpc) is 3.23. The molecule has 0 aliphatic heterocycles. The summed E-state index contributed by atoms with van der Waals surface area (Å²) in [5.74, 6) is 0.511. The first-order chi connectivity index (χ1) is 29.0. The van der Waals surface area contributed by atoms with Gasteiger partial charge in [-0.2, -0.15) is 10.5 Å². The molecule has 8 rings (SSSR count). The van der Waals surface area contributed by atoms with E-state index in [9.17, 15) is 10.5 Å². The van der Waals surface area contributed by atoms with E-state index in [1.807, 2.05) is 24.3 Å². The Kier molecular flexibility index (Phi) is 10.7. The van der Waals surface area contributed by atoms with E-state index in [1.165, 1.54) is 59.4 Å². The Balaban J connectivity index is 1.51. The highest BCUT2D eigenvalue weighted by molar-refractivity contribution is 6.89. The first kappa shape index (κ1) is 41.5. The van der Waals surface area contributed by atoms with E-state index in [0.717, 1.165) is 34.1 Å². The minimum atomic E-state index is -1.70. The summed E-state index contributed by atoms with van der Waals surface area (Å²) in [4.78, 5) is 4.84. The molecule has 0 bridgehead atoms. The SMILES string of the molecule is Cc1ccc(N(c2ccc(C#N)cc2)c2cc(C(C)C)c3ccc4c(N(c5ccc(C#N)cc5)c5cccc([Si](C)(C)C)c5)cc(C(C)C)c5ccc2c3c54)cc1[Si](C)(C)C. The molecule has 0 saturated heterocycles. The van der Waals surface area contributed by atoms with Crippen molar-refractivity contribution < 1.29 is 0 Å². The smallest absolute Gasteiger partial charge is 0.0991 e. The molecular formula is C55H56N4Si2. The lowest BCUT2D eigenvalue weighted by Crippen LogP contribution is -2.39. The van der Waals surface area contributed by atoms with Gasteiger partial charge >= 0.3 is 0 Å². The van der Waals surface area contributed by atoms with Crippen LogP contribution >= 0.6 is 0 Å². The highest BCUT2D eigenvalue weighted by Gasteiger charge is 2.28. The van der Waals surface area contributed by atoms with Gasteiger partial charge in [-0.15, -0.1) is 0 Å². The number of hydrogen-bond donors (Lipinski definition) is 0. The van der Waals surface area contributed by atoms with Gasteiger partial charge < -0.3 is 9.80 Å². The molecular weight excluding hydrogens is 773 g/mol. The number of anilines is 6. The second-order valence-electron chi connectivity index (χ2n) is 19.4. The van der Waals surface area contributed by atoms with Crippen LogP contribution in [0, 0.1) is 29.6 Å². The van der Waals surface area contributed by atoms with Crippen LogP contribution in [0.25, 0.3) is 32.3 Å². The van der Waals surface area contributed by atoms with E-state index < -0.39 is 16.1 Å². The third-order valence-corrected chi connectivity index (χ3v) is 16.6. The van der Waals surface area contributed by atoms with E-state index in [1.54, 1.807) is 0 Å². The molecule has 8 aromatic rings.